The van der Waals surface area contributed by atoms with Crippen LogP contribution in [0.15, 0.2) is 36.7 Å². The molecule has 0 saturated carbocycles. The third kappa shape index (κ3) is 2.33. The Bertz CT molecular complexity index is 539. The number of hydrogen-bond donors (Lipinski definition) is 1. The molecule has 4 heteroatoms. The highest BCUT2D eigenvalue weighted by Gasteiger charge is 2.16. The summed E-state index contributed by atoms with van der Waals surface area (Å²) in [4.78, 5) is 10.9. The van der Waals surface area contributed by atoms with Gasteiger partial charge in [0.25, 0.3) is 0 Å². The molecule has 0 fully saturated rings. The first-order chi connectivity index (χ1) is 8.81. The van der Waals surface area contributed by atoms with E-state index in [0.29, 0.717) is 0 Å². The maximum absolute atomic E-state index is 5.81. The number of hydrogen-bond acceptors (Lipinski definition) is 4. The van der Waals surface area contributed by atoms with Crippen molar-refractivity contribution in [3.8, 4) is 0 Å². The SMILES string of the molecule is Nc1ccc2c(c1)CCN(Cc1ncccn1)C2. The minimum absolute atomic E-state index is 0.810. The number of nitrogen functional groups attached to an aromatic ring is 1. The maximum atomic E-state index is 5.81. The van der Waals surface area contributed by atoms with Crippen LogP contribution in [0, 0.1) is 0 Å². The average molecular weight is 240 g/mol. The van der Waals surface area contributed by atoms with Crippen LogP contribution in [-0.2, 0) is 19.5 Å². The summed E-state index contributed by atoms with van der Waals surface area (Å²) >= 11 is 0. The Morgan fingerprint density at radius 2 is 2.00 bits per heavy atom. The third-order valence-corrected chi connectivity index (χ3v) is 3.31. The number of aromatic nitrogens is 2. The van der Waals surface area contributed by atoms with Gasteiger partial charge in [0.1, 0.15) is 5.82 Å². The summed E-state index contributed by atoms with van der Waals surface area (Å²) in [5.41, 5.74) is 9.40. The molecule has 1 aromatic heterocycles. The summed E-state index contributed by atoms with van der Waals surface area (Å²) < 4.78 is 0. The lowest BCUT2D eigenvalue weighted by atomic mass is 9.99. The van der Waals surface area contributed by atoms with Gasteiger partial charge in [0, 0.05) is 31.2 Å². The molecule has 1 aliphatic heterocycles. The lowest BCUT2D eigenvalue weighted by Gasteiger charge is -2.28. The highest BCUT2D eigenvalue weighted by Crippen LogP contribution is 2.21. The Balaban J connectivity index is 1.73. The van der Waals surface area contributed by atoms with Gasteiger partial charge in [0.05, 0.1) is 6.54 Å². The van der Waals surface area contributed by atoms with Crippen molar-refractivity contribution in [3.63, 3.8) is 0 Å². The van der Waals surface area contributed by atoms with Gasteiger partial charge >= 0.3 is 0 Å². The first-order valence-corrected chi connectivity index (χ1v) is 6.17. The van der Waals surface area contributed by atoms with E-state index in [9.17, 15) is 0 Å². The van der Waals surface area contributed by atoms with Crippen LogP contribution in [0.25, 0.3) is 0 Å². The van der Waals surface area contributed by atoms with Crippen molar-refractivity contribution in [3.05, 3.63) is 53.6 Å². The molecule has 0 saturated heterocycles. The van der Waals surface area contributed by atoms with Crippen LogP contribution in [0.5, 0.6) is 0 Å². The topological polar surface area (TPSA) is 55.0 Å². The third-order valence-electron chi connectivity index (χ3n) is 3.31. The number of rotatable bonds is 2. The van der Waals surface area contributed by atoms with E-state index < -0.39 is 0 Å². The van der Waals surface area contributed by atoms with E-state index in [1.807, 2.05) is 12.1 Å². The predicted octanol–water partition coefficient (Wildman–Crippen LogP) is 1.62. The Morgan fingerprint density at radius 1 is 1.17 bits per heavy atom. The van der Waals surface area contributed by atoms with Gasteiger partial charge < -0.3 is 5.73 Å². The largest absolute Gasteiger partial charge is 0.399 e. The van der Waals surface area contributed by atoms with Crippen LogP contribution in [0.3, 0.4) is 0 Å². The molecular formula is C14H16N4. The second kappa shape index (κ2) is 4.74. The zero-order valence-corrected chi connectivity index (χ0v) is 10.2. The molecule has 0 atom stereocenters. The maximum Gasteiger partial charge on any atom is 0.142 e. The van der Waals surface area contributed by atoms with Gasteiger partial charge in [-0.15, -0.1) is 0 Å². The molecule has 0 amide bonds. The summed E-state index contributed by atoms with van der Waals surface area (Å²) in [6, 6.07) is 8.04. The molecule has 3 rings (SSSR count). The van der Waals surface area contributed by atoms with Gasteiger partial charge in [-0.2, -0.15) is 0 Å². The van der Waals surface area contributed by atoms with E-state index in [1.54, 1.807) is 12.4 Å². The van der Waals surface area contributed by atoms with Gasteiger partial charge in [-0.05, 0) is 35.7 Å². The average Bonchev–Trinajstić information content (AvgIpc) is 2.40. The minimum Gasteiger partial charge on any atom is -0.399 e. The van der Waals surface area contributed by atoms with Gasteiger partial charge in [0.2, 0.25) is 0 Å². The molecule has 2 aromatic rings. The normalized spacial score (nSPS) is 15.3. The van der Waals surface area contributed by atoms with Crippen LogP contribution in [0.1, 0.15) is 17.0 Å². The van der Waals surface area contributed by atoms with Gasteiger partial charge in [-0.3, -0.25) is 4.90 Å². The smallest absolute Gasteiger partial charge is 0.142 e. The van der Waals surface area contributed by atoms with Crippen molar-refractivity contribution in [2.45, 2.75) is 19.5 Å². The molecule has 0 spiro atoms. The van der Waals surface area contributed by atoms with Crippen molar-refractivity contribution in [1.82, 2.24) is 14.9 Å². The molecule has 4 nitrogen and oxygen atoms in total. The first kappa shape index (κ1) is 11.2. The van der Waals surface area contributed by atoms with Crippen LogP contribution in [0.4, 0.5) is 5.69 Å². The lowest BCUT2D eigenvalue weighted by molar-refractivity contribution is 0.239. The number of fused-ring (bicyclic) bond motifs is 1. The lowest BCUT2D eigenvalue weighted by Crippen LogP contribution is -2.30. The summed E-state index contributed by atoms with van der Waals surface area (Å²) in [5.74, 6) is 0.886. The van der Waals surface area contributed by atoms with E-state index in [0.717, 1.165) is 37.6 Å². The molecule has 0 unspecified atom stereocenters. The van der Waals surface area contributed by atoms with E-state index in [4.69, 9.17) is 5.73 Å². The number of anilines is 1. The molecule has 1 aliphatic rings. The standard InChI is InChI=1S/C14H16N4/c15-13-3-2-12-9-18(7-4-11(12)8-13)10-14-16-5-1-6-17-14/h1-3,5-6,8H,4,7,9-10,15H2. The number of benzene rings is 1. The summed E-state index contributed by atoms with van der Waals surface area (Å²) in [6.07, 6.45) is 4.63. The van der Waals surface area contributed by atoms with Gasteiger partial charge in [0.15, 0.2) is 0 Å². The Labute approximate surface area is 106 Å². The zero-order chi connectivity index (χ0) is 12.4. The molecule has 0 radical (unpaired) electrons. The van der Waals surface area contributed by atoms with Crippen molar-refractivity contribution in [1.29, 1.82) is 0 Å². The van der Waals surface area contributed by atoms with E-state index in [-0.39, 0.29) is 0 Å². The van der Waals surface area contributed by atoms with Crippen LogP contribution in [-0.4, -0.2) is 21.4 Å². The second-order valence-corrected chi connectivity index (χ2v) is 4.65. The minimum atomic E-state index is 0.810. The van der Waals surface area contributed by atoms with Crippen LogP contribution in [0.2, 0.25) is 0 Å². The molecule has 92 valence electrons. The predicted molar refractivity (Wildman–Crippen MR) is 70.7 cm³/mol. The second-order valence-electron chi connectivity index (χ2n) is 4.65. The van der Waals surface area contributed by atoms with Crippen molar-refractivity contribution in [2.24, 2.45) is 0 Å². The summed E-state index contributed by atoms with van der Waals surface area (Å²) in [5, 5.41) is 0. The molecular weight excluding hydrogens is 224 g/mol. The fourth-order valence-electron chi connectivity index (χ4n) is 2.38. The molecule has 18 heavy (non-hydrogen) atoms. The monoisotopic (exact) mass is 240 g/mol. The van der Waals surface area contributed by atoms with Gasteiger partial charge in [-0.25, -0.2) is 9.97 Å². The summed E-state index contributed by atoms with van der Waals surface area (Å²) in [6.45, 7) is 2.80. The highest BCUT2D eigenvalue weighted by molar-refractivity contribution is 5.45. The van der Waals surface area contributed by atoms with E-state index >= 15 is 0 Å². The Kier molecular flexibility index (Phi) is 2.94. The molecule has 2 heterocycles. The molecule has 0 aliphatic carbocycles. The van der Waals surface area contributed by atoms with E-state index in [1.165, 1.54) is 11.1 Å². The number of nitrogens with two attached hydrogens (primary N) is 1. The first-order valence-electron chi connectivity index (χ1n) is 6.17. The highest BCUT2D eigenvalue weighted by atomic mass is 15.1. The summed E-state index contributed by atoms with van der Waals surface area (Å²) in [7, 11) is 0. The molecule has 0 bridgehead atoms. The fraction of sp³-hybridized carbons (Fsp3) is 0.286. The Hall–Kier alpha value is -1.94. The van der Waals surface area contributed by atoms with E-state index in [2.05, 4.69) is 27.0 Å². The van der Waals surface area contributed by atoms with Gasteiger partial charge in [-0.1, -0.05) is 6.07 Å². The van der Waals surface area contributed by atoms with Crippen molar-refractivity contribution < 1.29 is 0 Å². The molecule has 2 N–H and O–H groups in total. The zero-order valence-electron chi connectivity index (χ0n) is 10.2. The van der Waals surface area contributed by atoms with Crippen molar-refractivity contribution in [2.75, 3.05) is 12.3 Å². The number of nitrogens with zero attached hydrogens (tertiary/aromatic N) is 3. The molecule has 1 aromatic carbocycles. The van der Waals surface area contributed by atoms with Crippen molar-refractivity contribution >= 4 is 5.69 Å². The quantitative estimate of drug-likeness (QED) is 0.810. The Morgan fingerprint density at radius 3 is 2.83 bits per heavy atom. The van der Waals surface area contributed by atoms with Crippen LogP contribution >= 0.6 is 0 Å². The fourth-order valence-corrected chi connectivity index (χ4v) is 2.38. The van der Waals surface area contributed by atoms with Crippen LogP contribution < -0.4 is 5.73 Å².